The van der Waals surface area contributed by atoms with E-state index in [0.717, 1.165) is 18.4 Å². The Kier molecular flexibility index (Phi) is 5.30. The Bertz CT molecular complexity index is 609. The summed E-state index contributed by atoms with van der Waals surface area (Å²) in [5.74, 6) is -0.180. The van der Waals surface area contributed by atoms with Gasteiger partial charge in [0.15, 0.2) is 0 Å². The normalized spacial score (nSPS) is 11.4. The summed E-state index contributed by atoms with van der Waals surface area (Å²) in [6.45, 7) is 6.16. The lowest BCUT2D eigenvalue weighted by Crippen LogP contribution is -2.28. The minimum atomic E-state index is -3.82. The molecule has 0 heterocycles. The zero-order valence-corrected chi connectivity index (χ0v) is 13.3. The van der Waals surface area contributed by atoms with E-state index in [-0.39, 0.29) is 10.8 Å². The first-order valence-corrected chi connectivity index (χ1v) is 8.12. The molecule has 1 aromatic carbocycles. The van der Waals surface area contributed by atoms with Crippen LogP contribution in [0.4, 0.5) is 0 Å². The van der Waals surface area contributed by atoms with Crippen LogP contribution in [0.2, 0.25) is 0 Å². The Morgan fingerprint density at radius 2 is 1.85 bits per heavy atom. The third-order valence-corrected chi connectivity index (χ3v) is 4.31. The Morgan fingerprint density at radius 3 is 2.35 bits per heavy atom. The lowest BCUT2D eigenvalue weighted by atomic mass is 10.0. The predicted molar refractivity (Wildman–Crippen MR) is 79.2 cm³/mol. The minimum Gasteiger partial charge on any atom is -0.342 e. The molecule has 0 aliphatic heterocycles. The van der Waals surface area contributed by atoms with Crippen LogP contribution in [0.1, 0.15) is 41.3 Å². The van der Waals surface area contributed by atoms with Crippen molar-refractivity contribution >= 4 is 15.9 Å². The SMILES string of the molecule is CCCCN(C)C(=O)c1cc(S(N)(=O)=O)c(C)cc1C. The summed E-state index contributed by atoms with van der Waals surface area (Å²) in [5, 5.41) is 5.18. The summed E-state index contributed by atoms with van der Waals surface area (Å²) in [4.78, 5) is 14.0. The second-order valence-corrected chi connectivity index (χ2v) is 6.59. The van der Waals surface area contributed by atoms with Crippen LogP contribution < -0.4 is 5.14 Å². The van der Waals surface area contributed by atoms with Gasteiger partial charge in [-0.3, -0.25) is 4.79 Å². The Balaban J connectivity index is 3.22. The van der Waals surface area contributed by atoms with E-state index < -0.39 is 10.0 Å². The van der Waals surface area contributed by atoms with Crippen LogP contribution >= 0.6 is 0 Å². The van der Waals surface area contributed by atoms with Gasteiger partial charge in [0.2, 0.25) is 10.0 Å². The topological polar surface area (TPSA) is 80.5 Å². The molecular formula is C14H22N2O3S. The molecule has 0 radical (unpaired) electrons. The van der Waals surface area contributed by atoms with Gasteiger partial charge in [-0.05, 0) is 37.5 Å². The van der Waals surface area contributed by atoms with Crippen molar-refractivity contribution < 1.29 is 13.2 Å². The van der Waals surface area contributed by atoms with Gasteiger partial charge >= 0.3 is 0 Å². The third-order valence-electron chi connectivity index (χ3n) is 3.25. The maximum atomic E-state index is 12.4. The summed E-state index contributed by atoms with van der Waals surface area (Å²) < 4.78 is 23.1. The summed E-state index contributed by atoms with van der Waals surface area (Å²) in [5.41, 5.74) is 1.69. The van der Waals surface area contributed by atoms with E-state index in [1.54, 1.807) is 31.9 Å². The van der Waals surface area contributed by atoms with E-state index in [9.17, 15) is 13.2 Å². The fraction of sp³-hybridized carbons (Fsp3) is 0.500. The Hall–Kier alpha value is -1.40. The lowest BCUT2D eigenvalue weighted by Gasteiger charge is -2.19. The lowest BCUT2D eigenvalue weighted by molar-refractivity contribution is 0.0792. The number of amides is 1. The highest BCUT2D eigenvalue weighted by atomic mass is 32.2. The van der Waals surface area contributed by atoms with Gasteiger partial charge in [0.25, 0.3) is 5.91 Å². The maximum absolute atomic E-state index is 12.4. The smallest absolute Gasteiger partial charge is 0.253 e. The number of carbonyl (C=O) groups excluding carboxylic acids is 1. The van der Waals surface area contributed by atoms with Gasteiger partial charge in [0, 0.05) is 19.2 Å². The molecule has 0 unspecified atom stereocenters. The molecule has 1 rings (SSSR count). The molecular weight excluding hydrogens is 276 g/mol. The molecule has 1 amide bonds. The molecule has 0 atom stereocenters. The molecule has 6 heteroatoms. The number of hydrogen-bond donors (Lipinski definition) is 1. The number of nitrogens with zero attached hydrogens (tertiary/aromatic N) is 1. The molecule has 0 spiro atoms. The number of sulfonamides is 1. The standard InChI is InChI=1S/C14H22N2O3S/c1-5-6-7-16(4)14(17)12-9-13(20(15,18)19)11(3)8-10(12)2/h8-9H,5-7H2,1-4H3,(H2,15,18,19). The molecule has 0 aliphatic carbocycles. The fourth-order valence-electron chi connectivity index (χ4n) is 2.07. The monoisotopic (exact) mass is 298 g/mol. The van der Waals surface area contributed by atoms with Crippen LogP contribution in [0.25, 0.3) is 0 Å². The highest BCUT2D eigenvalue weighted by molar-refractivity contribution is 7.89. The molecule has 0 aliphatic rings. The van der Waals surface area contributed by atoms with Crippen LogP contribution in [0.15, 0.2) is 17.0 Å². The highest BCUT2D eigenvalue weighted by Gasteiger charge is 2.19. The van der Waals surface area contributed by atoms with Gasteiger partial charge in [-0.15, -0.1) is 0 Å². The van der Waals surface area contributed by atoms with Crippen molar-refractivity contribution in [2.24, 2.45) is 5.14 Å². The van der Waals surface area contributed by atoms with E-state index >= 15 is 0 Å². The molecule has 2 N–H and O–H groups in total. The molecule has 0 fully saturated rings. The van der Waals surface area contributed by atoms with Crippen molar-refractivity contribution in [2.75, 3.05) is 13.6 Å². The molecule has 0 bridgehead atoms. The number of hydrogen-bond acceptors (Lipinski definition) is 3. The molecule has 0 saturated heterocycles. The Morgan fingerprint density at radius 1 is 1.25 bits per heavy atom. The van der Waals surface area contributed by atoms with Crippen LogP contribution in [-0.4, -0.2) is 32.8 Å². The van der Waals surface area contributed by atoms with Crippen LogP contribution in [0.3, 0.4) is 0 Å². The average molecular weight is 298 g/mol. The summed E-state index contributed by atoms with van der Waals surface area (Å²) in [6.07, 6.45) is 1.90. The van der Waals surface area contributed by atoms with Crippen molar-refractivity contribution in [2.45, 2.75) is 38.5 Å². The molecule has 112 valence electrons. The third kappa shape index (κ3) is 3.80. The number of benzene rings is 1. The van der Waals surface area contributed by atoms with E-state index in [4.69, 9.17) is 5.14 Å². The van der Waals surface area contributed by atoms with E-state index in [2.05, 4.69) is 6.92 Å². The van der Waals surface area contributed by atoms with Crippen molar-refractivity contribution in [3.05, 3.63) is 28.8 Å². The second kappa shape index (κ2) is 6.37. The number of primary sulfonamides is 1. The molecule has 20 heavy (non-hydrogen) atoms. The zero-order chi connectivity index (χ0) is 15.5. The highest BCUT2D eigenvalue weighted by Crippen LogP contribution is 2.20. The second-order valence-electron chi connectivity index (χ2n) is 5.06. The van der Waals surface area contributed by atoms with Gasteiger partial charge in [-0.2, -0.15) is 0 Å². The van der Waals surface area contributed by atoms with Crippen LogP contribution in [-0.2, 0) is 10.0 Å². The van der Waals surface area contributed by atoms with E-state index in [1.165, 1.54) is 6.07 Å². The van der Waals surface area contributed by atoms with Crippen molar-refractivity contribution in [1.29, 1.82) is 0 Å². The first kappa shape index (κ1) is 16.7. The van der Waals surface area contributed by atoms with E-state index in [1.807, 2.05) is 0 Å². The predicted octanol–water partition coefficient (Wildman–Crippen LogP) is 1.82. The van der Waals surface area contributed by atoms with Crippen LogP contribution in [0.5, 0.6) is 0 Å². The van der Waals surface area contributed by atoms with Crippen molar-refractivity contribution in [3.8, 4) is 0 Å². The largest absolute Gasteiger partial charge is 0.342 e. The van der Waals surface area contributed by atoms with Gasteiger partial charge in [0.05, 0.1) is 4.90 Å². The molecule has 0 aromatic heterocycles. The zero-order valence-electron chi connectivity index (χ0n) is 12.4. The number of nitrogens with two attached hydrogens (primary N) is 1. The first-order valence-electron chi connectivity index (χ1n) is 6.58. The number of carbonyl (C=O) groups is 1. The van der Waals surface area contributed by atoms with Crippen molar-refractivity contribution in [3.63, 3.8) is 0 Å². The fourth-order valence-corrected chi connectivity index (χ4v) is 2.86. The van der Waals surface area contributed by atoms with Gasteiger partial charge in [-0.25, -0.2) is 13.6 Å². The Labute approximate surface area is 120 Å². The summed E-state index contributed by atoms with van der Waals surface area (Å²) in [7, 11) is -2.10. The quantitative estimate of drug-likeness (QED) is 0.900. The molecule has 5 nitrogen and oxygen atoms in total. The van der Waals surface area contributed by atoms with Gasteiger partial charge < -0.3 is 4.90 Å². The minimum absolute atomic E-state index is 0.00958. The van der Waals surface area contributed by atoms with E-state index in [0.29, 0.717) is 17.7 Å². The first-order chi connectivity index (χ1) is 9.18. The van der Waals surface area contributed by atoms with Crippen molar-refractivity contribution in [1.82, 2.24) is 4.90 Å². The van der Waals surface area contributed by atoms with Gasteiger partial charge in [-0.1, -0.05) is 19.4 Å². The summed E-state index contributed by atoms with van der Waals surface area (Å²) in [6, 6.07) is 3.06. The summed E-state index contributed by atoms with van der Waals surface area (Å²) >= 11 is 0. The average Bonchev–Trinajstić information content (AvgIpc) is 2.33. The maximum Gasteiger partial charge on any atom is 0.253 e. The molecule has 1 aromatic rings. The van der Waals surface area contributed by atoms with Crippen LogP contribution in [0, 0.1) is 13.8 Å². The number of aryl methyl sites for hydroxylation is 2. The van der Waals surface area contributed by atoms with Gasteiger partial charge in [0.1, 0.15) is 0 Å². The molecule has 0 saturated carbocycles. The number of rotatable bonds is 5. The number of unbranched alkanes of at least 4 members (excludes halogenated alkanes) is 1.